The van der Waals surface area contributed by atoms with Gasteiger partial charge >= 0.3 is 5.97 Å². The summed E-state index contributed by atoms with van der Waals surface area (Å²) in [7, 11) is 1.51. The van der Waals surface area contributed by atoms with Crippen LogP contribution in [0.2, 0.25) is 0 Å². The number of benzene rings is 2. The SMILES string of the molecule is COC[C@H]1NC(=O)CC/C=C\CN(C(C)C)C(=O)[C@@H]2N([C@@H](CO)Cc3ccccc3)C(=O)[C@H]3[C@H](C(=O)O[C@@H]1c1ccccc1)[C@@H]1C=C[C@]23O1. The van der Waals surface area contributed by atoms with Gasteiger partial charge in [-0.1, -0.05) is 85.0 Å². The lowest BCUT2D eigenvalue weighted by Gasteiger charge is -2.40. The predicted octanol–water partition coefficient (Wildman–Crippen LogP) is 2.74. The highest BCUT2D eigenvalue weighted by Crippen LogP contribution is 2.56. The topological polar surface area (TPSA) is 135 Å². The smallest absolute Gasteiger partial charge is 0.313 e. The van der Waals surface area contributed by atoms with Gasteiger partial charge in [0, 0.05) is 26.1 Å². The first kappa shape index (κ1) is 34.5. The van der Waals surface area contributed by atoms with Crippen LogP contribution in [0.25, 0.3) is 0 Å². The first-order valence-corrected chi connectivity index (χ1v) is 17.0. The van der Waals surface area contributed by atoms with E-state index in [1.54, 1.807) is 17.1 Å². The monoisotopic (exact) mass is 671 g/mol. The van der Waals surface area contributed by atoms with Crippen molar-refractivity contribution in [3.05, 3.63) is 96.1 Å². The van der Waals surface area contributed by atoms with E-state index in [2.05, 4.69) is 5.32 Å². The number of aliphatic hydroxyl groups excluding tert-OH is 1. The number of rotatable bonds is 8. The zero-order valence-corrected chi connectivity index (χ0v) is 28.1. The first-order valence-electron chi connectivity index (χ1n) is 17.0. The Kier molecular flexibility index (Phi) is 10.3. The van der Waals surface area contributed by atoms with Crippen LogP contribution in [0.15, 0.2) is 85.0 Å². The van der Waals surface area contributed by atoms with Crippen molar-refractivity contribution in [2.75, 3.05) is 26.9 Å². The number of carbonyl (C=O) groups is 4. The molecule has 0 unspecified atom stereocenters. The summed E-state index contributed by atoms with van der Waals surface area (Å²) in [6.45, 7) is 3.70. The molecule has 2 aromatic carbocycles. The minimum atomic E-state index is -1.44. The van der Waals surface area contributed by atoms with Gasteiger partial charge in [0.25, 0.3) is 0 Å². The summed E-state index contributed by atoms with van der Waals surface area (Å²) in [5.74, 6) is -3.84. The number of cyclic esters (lactones) is 1. The molecule has 2 aromatic rings. The molecule has 260 valence electrons. The number of aliphatic hydroxyl groups is 1. The lowest BCUT2D eigenvalue weighted by molar-refractivity contribution is -0.163. The standard InChI is InChI=1S/C38H45N3O8/c1-24(2)40-20-12-6-11-17-30(43)39-28(23-47-3)33(26-15-9-5-10-16-26)48-37(46)31-29-18-19-38(49-29)32(31)35(44)41(34(38)36(40)45)27(22-42)21-25-13-7-4-8-14-25/h4-10,12-16,18-19,24,27-29,31-34,42H,11,17,20-23H2,1-3H3,(H,39,43)/b12-6-/t27-,28-,29+,31-,32-,33-,34+,38-/m1/s1. The fourth-order valence-electron chi connectivity index (χ4n) is 7.81. The molecule has 5 bridgehead atoms. The van der Waals surface area contributed by atoms with E-state index in [0.717, 1.165) is 5.56 Å². The molecule has 8 atom stereocenters. The highest BCUT2D eigenvalue weighted by molar-refractivity contribution is 5.99. The normalized spacial score (nSPS) is 31.5. The molecule has 2 N–H and O–H groups in total. The third kappa shape index (κ3) is 6.54. The maximum absolute atomic E-state index is 14.8. The van der Waals surface area contributed by atoms with Crippen molar-refractivity contribution in [3.8, 4) is 0 Å². The second kappa shape index (κ2) is 14.7. The van der Waals surface area contributed by atoms with Crippen molar-refractivity contribution in [1.82, 2.24) is 15.1 Å². The van der Waals surface area contributed by atoms with Gasteiger partial charge in [-0.3, -0.25) is 19.2 Å². The average Bonchev–Trinajstić information content (AvgIpc) is 3.75. The summed E-state index contributed by atoms with van der Waals surface area (Å²) in [5, 5.41) is 13.8. The second-order valence-electron chi connectivity index (χ2n) is 13.5. The Balaban J connectivity index is 1.45. The van der Waals surface area contributed by atoms with E-state index < -0.39 is 66.3 Å². The Morgan fingerprint density at radius 3 is 2.39 bits per heavy atom. The van der Waals surface area contributed by atoms with Crippen molar-refractivity contribution in [1.29, 1.82) is 0 Å². The number of likely N-dealkylation sites (tertiary alicyclic amines) is 1. The number of nitrogens with one attached hydrogen (secondary N) is 1. The van der Waals surface area contributed by atoms with E-state index in [9.17, 15) is 24.3 Å². The summed E-state index contributed by atoms with van der Waals surface area (Å²) in [6, 6.07) is 15.7. The van der Waals surface area contributed by atoms with E-state index in [1.807, 2.05) is 86.7 Å². The molecule has 2 fully saturated rings. The van der Waals surface area contributed by atoms with E-state index >= 15 is 0 Å². The van der Waals surface area contributed by atoms with E-state index in [4.69, 9.17) is 14.2 Å². The second-order valence-corrected chi connectivity index (χ2v) is 13.5. The number of methoxy groups -OCH3 is 1. The van der Waals surface area contributed by atoms with Crippen molar-refractivity contribution < 1.29 is 38.5 Å². The molecular weight excluding hydrogens is 626 g/mol. The summed E-state index contributed by atoms with van der Waals surface area (Å²) in [5.41, 5.74) is 0.0928. The van der Waals surface area contributed by atoms with Gasteiger partial charge in [-0.25, -0.2) is 0 Å². The zero-order chi connectivity index (χ0) is 34.7. The minimum Gasteiger partial charge on any atom is -0.455 e. The van der Waals surface area contributed by atoms with Crippen LogP contribution >= 0.6 is 0 Å². The highest BCUT2D eigenvalue weighted by atomic mass is 16.6. The van der Waals surface area contributed by atoms with Gasteiger partial charge in [-0.05, 0) is 37.8 Å². The Morgan fingerprint density at radius 2 is 1.71 bits per heavy atom. The minimum absolute atomic E-state index is 0.0661. The number of hydrogen-bond donors (Lipinski definition) is 2. The Labute approximate surface area is 286 Å². The molecule has 2 saturated heterocycles. The number of nitrogens with zero attached hydrogens (tertiary/aromatic N) is 2. The number of fused-ring (bicyclic) bond motifs is 2. The molecule has 4 heterocycles. The van der Waals surface area contributed by atoms with Crippen LogP contribution in [0.1, 0.15) is 43.9 Å². The van der Waals surface area contributed by atoms with Crippen LogP contribution < -0.4 is 5.32 Å². The predicted molar refractivity (Wildman–Crippen MR) is 180 cm³/mol. The van der Waals surface area contributed by atoms with E-state index in [1.165, 1.54) is 12.0 Å². The molecule has 6 rings (SSSR count). The Morgan fingerprint density at radius 1 is 1.00 bits per heavy atom. The van der Waals surface area contributed by atoms with Gasteiger partial charge in [-0.2, -0.15) is 0 Å². The van der Waals surface area contributed by atoms with Crippen LogP contribution in [0.5, 0.6) is 0 Å². The van der Waals surface area contributed by atoms with Crippen LogP contribution in [0.3, 0.4) is 0 Å². The quantitative estimate of drug-likeness (QED) is 0.323. The van der Waals surface area contributed by atoms with Crippen molar-refractivity contribution in [3.63, 3.8) is 0 Å². The Hall–Kier alpha value is -4.32. The van der Waals surface area contributed by atoms with Crippen molar-refractivity contribution in [2.45, 2.75) is 75.1 Å². The lowest BCUT2D eigenvalue weighted by atomic mass is 9.74. The summed E-state index contributed by atoms with van der Waals surface area (Å²) < 4.78 is 18.3. The maximum Gasteiger partial charge on any atom is 0.313 e. The van der Waals surface area contributed by atoms with Gasteiger partial charge in [0.15, 0.2) is 0 Å². The molecule has 0 radical (unpaired) electrons. The molecule has 1 spiro atoms. The van der Waals surface area contributed by atoms with Crippen LogP contribution in [0, 0.1) is 11.8 Å². The summed E-state index contributed by atoms with van der Waals surface area (Å²) in [6.07, 6.45) is 6.36. The molecule has 11 heteroatoms. The molecule has 0 saturated carbocycles. The fourth-order valence-corrected chi connectivity index (χ4v) is 7.81. The van der Waals surface area contributed by atoms with Crippen molar-refractivity contribution in [2.24, 2.45) is 11.8 Å². The van der Waals surface area contributed by atoms with Gasteiger partial charge in [0.05, 0.1) is 37.3 Å². The largest absolute Gasteiger partial charge is 0.455 e. The molecule has 11 nitrogen and oxygen atoms in total. The van der Waals surface area contributed by atoms with Gasteiger partial charge in [-0.15, -0.1) is 0 Å². The number of carbonyl (C=O) groups excluding carboxylic acids is 4. The lowest BCUT2D eigenvalue weighted by Crippen LogP contribution is -2.59. The summed E-state index contributed by atoms with van der Waals surface area (Å²) in [4.78, 5) is 60.3. The molecule has 49 heavy (non-hydrogen) atoms. The van der Waals surface area contributed by atoms with Crippen LogP contribution in [-0.2, 0) is 39.8 Å². The van der Waals surface area contributed by atoms with Gasteiger partial charge in [0.1, 0.15) is 23.7 Å². The maximum atomic E-state index is 14.8. The molecule has 0 aliphatic carbocycles. The summed E-state index contributed by atoms with van der Waals surface area (Å²) >= 11 is 0. The van der Waals surface area contributed by atoms with Gasteiger partial charge < -0.3 is 34.4 Å². The molecule has 0 aromatic heterocycles. The van der Waals surface area contributed by atoms with E-state index in [0.29, 0.717) is 18.4 Å². The highest BCUT2D eigenvalue weighted by Gasteiger charge is 2.74. The third-order valence-electron chi connectivity index (χ3n) is 10.1. The van der Waals surface area contributed by atoms with Crippen LogP contribution in [-0.4, -0.2) is 101 Å². The van der Waals surface area contributed by atoms with Crippen LogP contribution in [0.4, 0.5) is 0 Å². The number of allylic oxidation sites excluding steroid dienone is 1. The van der Waals surface area contributed by atoms with Crippen molar-refractivity contribution >= 4 is 23.7 Å². The average molecular weight is 672 g/mol. The fraction of sp³-hybridized carbons (Fsp3) is 0.474. The number of esters is 1. The zero-order valence-electron chi connectivity index (χ0n) is 28.1. The van der Waals surface area contributed by atoms with Gasteiger partial charge in [0.2, 0.25) is 17.7 Å². The molecule has 3 amide bonds. The molecule has 4 aliphatic heterocycles. The molecular formula is C38H45N3O8. The Bertz CT molecular complexity index is 1580. The number of ether oxygens (including phenoxy) is 3. The molecule has 4 aliphatic rings. The van der Waals surface area contributed by atoms with E-state index in [-0.39, 0.29) is 37.4 Å². The number of hydrogen-bond acceptors (Lipinski definition) is 8. The third-order valence-corrected chi connectivity index (χ3v) is 10.1. The first-order chi connectivity index (χ1) is 23.7. The number of amides is 3.